The monoisotopic (exact) mass is 280 g/mol. The van der Waals surface area contributed by atoms with Crippen LogP contribution in [0.5, 0.6) is 11.5 Å². The molecule has 0 aliphatic carbocycles. The maximum absolute atomic E-state index is 10.2. The molecular formula is C19H20O2. The number of hydrogen-bond acceptors (Lipinski definition) is 2. The molecule has 0 radical (unpaired) electrons. The van der Waals surface area contributed by atoms with Crippen molar-refractivity contribution in [3.8, 4) is 11.5 Å². The standard InChI is InChI=1S/C19H20O2/c1-12-13(2)18-16(14(3)17(12)20)10-11-19(4,21-18)15-8-6-5-7-9-15/h5-11,20H,1-4H3. The minimum atomic E-state index is -0.477. The minimum Gasteiger partial charge on any atom is -0.507 e. The third kappa shape index (κ3) is 2.02. The topological polar surface area (TPSA) is 29.5 Å². The van der Waals surface area contributed by atoms with Gasteiger partial charge in [0.25, 0.3) is 0 Å². The highest BCUT2D eigenvalue weighted by Crippen LogP contribution is 2.44. The Balaban J connectivity index is 2.17. The van der Waals surface area contributed by atoms with E-state index in [2.05, 4.69) is 31.2 Å². The molecule has 2 aromatic rings. The first-order valence-electron chi connectivity index (χ1n) is 7.20. The Morgan fingerprint density at radius 3 is 2.29 bits per heavy atom. The Labute approximate surface area is 125 Å². The third-order valence-electron chi connectivity index (χ3n) is 4.49. The van der Waals surface area contributed by atoms with Gasteiger partial charge in [0, 0.05) is 11.1 Å². The average Bonchev–Trinajstić information content (AvgIpc) is 2.51. The smallest absolute Gasteiger partial charge is 0.150 e. The van der Waals surface area contributed by atoms with Crippen LogP contribution in [0.15, 0.2) is 36.4 Å². The summed E-state index contributed by atoms with van der Waals surface area (Å²) in [5, 5.41) is 10.2. The summed E-state index contributed by atoms with van der Waals surface area (Å²) in [5.74, 6) is 1.24. The van der Waals surface area contributed by atoms with Crippen LogP contribution < -0.4 is 4.74 Å². The van der Waals surface area contributed by atoms with E-state index in [-0.39, 0.29) is 0 Å². The molecule has 1 aliphatic rings. The number of rotatable bonds is 1. The van der Waals surface area contributed by atoms with Crippen molar-refractivity contribution in [3.63, 3.8) is 0 Å². The summed E-state index contributed by atoms with van der Waals surface area (Å²) in [6.07, 6.45) is 4.12. The van der Waals surface area contributed by atoms with Crippen molar-refractivity contribution in [2.24, 2.45) is 0 Å². The van der Waals surface area contributed by atoms with E-state index in [9.17, 15) is 5.11 Å². The molecule has 1 heterocycles. The van der Waals surface area contributed by atoms with Crippen molar-refractivity contribution in [2.75, 3.05) is 0 Å². The zero-order valence-electron chi connectivity index (χ0n) is 12.9. The van der Waals surface area contributed by atoms with Gasteiger partial charge in [0.2, 0.25) is 0 Å². The summed E-state index contributed by atoms with van der Waals surface area (Å²) in [6.45, 7) is 7.93. The molecule has 0 bridgehead atoms. The van der Waals surface area contributed by atoms with Gasteiger partial charge in [-0.3, -0.25) is 0 Å². The van der Waals surface area contributed by atoms with Gasteiger partial charge in [-0.25, -0.2) is 0 Å². The van der Waals surface area contributed by atoms with Gasteiger partial charge in [0.15, 0.2) is 0 Å². The van der Waals surface area contributed by atoms with Crippen molar-refractivity contribution in [3.05, 3.63) is 64.2 Å². The Morgan fingerprint density at radius 2 is 1.62 bits per heavy atom. The van der Waals surface area contributed by atoms with Crippen molar-refractivity contribution in [1.82, 2.24) is 0 Å². The van der Waals surface area contributed by atoms with E-state index >= 15 is 0 Å². The number of phenolic OH excluding ortho intramolecular Hbond substituents is 1. The summed E-state index contributed by atoms with van der Waals surface area (Å²) in [5.41, 5.74) is 4.38. The van der Waals surface area contributed by atoms with Crippen LogP contribution in [0, 0.1) is 20.8 Å². The normalized spacial score (nSPS) is 20.0. The summed E-state index contributed by atoms with van der Waals surface area (Å²) >= 11 is 0. The maximum Gasteiger partial charge on any atom is 0.150 e. The van der Waals surface area contributed by atoms with Crippen LogP contribution in [0.3, 0.4) is 0 Å². The highest BCUT2D eigenvalue weighted by atomic mass is 16.5. The number of phenols is 1. The molecule has 1 unspecified atom stereocenters. The predicted molar refractivity (Wildman–Crippen MR) is 85.8 cm³/mol. The molecule has 3 rings (SSSR count). The Kier molecular flexibility index (Phi) is 3.05. The Morgan fingerprint density at radius 1 is 0.952 bits per heavy atom. The molecule has 0 amide bonds. The van der Waals surface area contributed by atoms with Gasteiger partial charge in [-0.1, -0.05) is 36.4 Å². The van der Waals surface area contributed by atoms with Crippen LogP contribution in [-0.4, -0.2) is 5.11 Å². The molecule has 108 valence electrons. The van der Waals surface area contributed by atoms with Crippen LogP contribution >= 0.6 is 0 Å². The fourth-order valence-corrected chi connectivity index (χ4v) is 2.87. The van der Waals surface area contributed by atoms with E-state index in [1.165, 1.54) is 0 Å². The van der Waals surface area contributed by atoms with Crippen molar-refractivity contribution >= 4 is 6.08 Å². The van der Waals surface area contributed by atoms with Gasteiger partial charge in [-0.05, 0) is 50.5 Å². The third-order valence-corrected chi connectivity index (χ3v) is 4.49. The quantitative estimate of drug-likeness (QED) is 0.824. The van der Waals surface area contributed by atoms with E-state index < -0.39 is 5.60 Å². The van der Waals surface area contributed by atoms with E-state index in [1.54, 1.807) is 0 Å². The molecule has 1 aliphatic heterocycles. The van der Waals surface area contributed by atoms with Gasteiger partial charge in [0.05, 0.1) is 0 Å². The highest BCUT2D eigenvalue weighted by Gasteiger charge is 2.32. The number of ether oxygens (including phenoxy) is 1. The molecule has 2 nitrogen and oxygen atoms in total. The van der Waals surface area contributed by atoms with E-state index in [0.717, 1.165) is 33.6 Å². The second-order valence-electron chi connectivity index (χ2n) is 5.87. The molecule has 21 heavy (non-hydrogen) atoms. The molecule has 1 N–H and O–H groups in total. The first-order valence-corrected chi connectivity index (χ1v) is 7.20. The maximum atomic E-state index is 10.2. The Bertz CT molecular complexity index is 729. The van der Waals surface area contributed by atoms with Gasteiger partial charge in [0.1, 0.15) is 17.1 Å². The Hall–Kier alpha value is -2.22. The summed E-state index contributed by atoms with van der Waals surface area (Å²) in [7, 11) is 0. The molecule has 2 heteroatoms. The minimum absolute atomic E-state index is 0.364. The van der Waals surface area contributed by atoms with Crippen molar-refractivity contribution < 1.29 is 9.84 Å². The lowest BCUT2D eigenvalue weighted by atomic mass is 9.89. The second kappa shape index (κ2) is 4.66. The molecular weight excluding hydrogens is 260 g/mol. The summed E-state index contributed by atoms with van der Waals surface area (Å²) in [6, 6.07) is 10.2. The highest BCUT2D eigenvalue weighted by molar-refractivity contribution is 5.71. The fraction of sp³-hybridized carbons (Fsp3) is 0.263. The lowest BCUT2D eigenvalue weighted by Gasteiger charge is -2.34. The number of fused-ring (bicyclic) bond motifs is 1. The average molecular weight is 280 g/mol. The van der Waals surface area contributed by atoms with Gasteiger partial charge in [-0.2, -0.15) is 0 Å². The van der Waals surface area contributed by atoms with Crippen LogP contribution in [0.2, 0.25) is 0 Å². The number of hydrogen-bond donors (Lipinski definition) is 1. The summed E-state index contributed by atoms with van der Waals surface area (Å²) in [4.78, 5) is 0. The van der Waals surface area contributed by atoms with Crippen molar-refractivity contribution in [2.45, 2.75) is 33.3 Å². The summed E-state index contributed by atoms with van der Waals surface area (Å²) < 4.78 is 6.36. The van der Waals surface area contributed by atoms with Crippen LogP contribution in [0.4, 0.5) is 0 Å². The second-order valence-corrected chi connectivity index (χ2v) is 5.87. The predicted octanol–water partition coefficient (Wildman–Crippen LogP) is 4.64. The molecule has 0 saturated carbocycles. The molecule has 2 aromatic carbocycles. The SMILES string of the molecule is Cc1c(C)c2c(c(C)c1O)C=CC(C)(c1ccccc1)O2. The van der Waals surface area contributed by atoms with E-state index in [1.807, 2.05) is 39.0 Å². The lowest BCUT2D eigenvalue weighted by Crippen LogP contribution is -2.29. The van der Waals surface area contributed by atoms with Gasteiger partial charge in [-0.15, -0.1) is 0 Å². The van der Waals surface area contributed by atoms with Crippen LogP contribution in [-0.2, 0) is 5.60 Å². The lowest BCUT2D eigenvalue weighted by molar-refractivity contribution is 0.136. The molecule has 0 spiro atoms. The molecule has 0 aromatic heterocycles. The molecule has 0 fully saturated rings. The first-order chi connectivity index (χ1) is 9.94. The van der Waals surface area contributed by atoms with Crippen molar-refractivity contribution in [1.29, 1.82) is 0 Å². The van der Waals surface area contributed by atoms with Crippen LogP contribution in [0.25, 0.3) is 6.08 Å². The largest absolute Gasteiger partial charge is 0.507 e. The zero-order chi connectivity index (χ0) is 15.2. The van der Waals surface area contributed by atoms with Gasteiger partial charge >= 0.3 is 0 Å². The zero-order valence-corrected chi connectivity index (χ0v) is 12.9. The van der Waals surface area contributed by atoms with Crippen LogP contribution in [0.1, 0.15) is 34.7 Å². The number of aromatic hydroxyl groups is 1. The number of benzene rings is 2. The molecule has 1 atom stereocenters. The van der Waals surface area contributed by atoms with Gasteiger partial charge < -0.3 is 9.84 Å². The fourth-order valence-electron chi connectivity index (χ4n) is 2.87. The van der Waals surface area contributed by atoms with E-state index in [0.29, 0.717) is 5.75 Å². The first kappa shape index (κ1) is 13.7. The molecule has 0 saturated heterocycles. The van der Waals surface area contributed by atoms with E-state index in [4.69, 9.17) is 4.74 Å².